The molecule has 2 saturated carbocycles. The molecule has 4 unspecified atom stereocenters. The summed E-state index contributed by atoms with van der Waals surface area (Å²) in [5, 5.41) is 6.70. The molecule has 3 heterocycles. The van der Waals surface area contributed by atoms with Crippen molar-refractivity contribution in [2.45, 2.75) is 43.3 Å². The summed E-state index contributed by atoms with van der Waals surface area (Å²) >= 11 is 5.99. The third kappa shape index (κ3) is 3.25. The number of nitrogens with one attached hydrogen (secondary N) is 4. The van der Waals surface area contributed by atoms with E-state index < -0.39 is 5.41 Å². The summed E-state index contributed by atoms with van der Waals surface area (Å²) in [4.78, 5) is 21.3. The van der Waals surface area contributed by atoms with Crippen molar-refractivity contribution < 1.29 is 14.3 Å². The summed E-state index contributed by atoms with van der Waals surface area (Å²) in [6.45, 7) is 0. The Balaban J connectivity index is 1.16. The van der Waals surface area contributed by atoms with Crippen LogP contribution in [0.3, 0.4) is 0 Å². The number of hydrazine groups is 1. The predicted octanol–water partition coefficient (Wildman–Crippen LogP) is 2.69. The first-order chi connectivity index (χ1) is 16.0. The number of nitrogens with zero attached hydrogens (tertiary/aromatic N) is 2. The molecule has 2 aliphatic carbocycles. The van der Waals surface area contributed by atoms with Crippen LogP contribution in [-0.2, 0) is 10.2 Å². The minimum Gasteiger partial charge on any atom is -0.497 e. The Labute approximate surface area is 197 Å². The Morgan fingerprint density at radius 1 is 1.21 bits per heavy atom. The number of carbonyl (C=O) groups is 1. The minimum absolute atomic E-state index is 0.00347. The molecule has 0 radical (unpaired) electrons. The summed E-state index contributed by atoms with van der Waals surface area (Å²) < 4.78 is 10.8. The van der Waals surface area contributed by atoms with Crippen molar-refractivity contribution in [3.8, 4) is 11.5 Å². The van der Waals surface area contributed by atoms with E-state index >= 15 is 0 Å². The maximum atomic E-state index is 13.0. The molecule has 1 aromatic heterocycles. The smallest absolute Gasteiger partial charge is 0.235 e. The molecule has 1 saturated heterocycles. The highest BCUT2D eigenvalue weighted by molar-refractivity contribution is 6.28. The number of benzene rings is 1. The van der Waals surface area contributed by atoms with Gasteiger partial charge in [-0.1, -0.05) is 0 Å². The lowest BCUT2D eigenvalue weighted by Gasteiger charge is -2.34. The van der Waals surface area contributed by atoms with E-state index in [2.05, 4.69) is 31.5 Å². The summed E-state index contributed by atoms with van der Waals surface area (Å²) in [5.74, 6) is 3.32. The lowest BCUT2D eigenvalue weighted by atomic mass is 9.74. The number of anilines is 2. The average Bonchev–Trinajstić information content (AvgIpc) is 3.38. The number of hydrogen-bond acceptors (Lipinski definition) is 8. The van der Waals surface area contributed by atoms with Crippen LogP contribution < -0.4 is 31.0 Å². The second kappa shape index (κ2) is 7.72. The van der Waals surface area contributed by atoms with Crippen LogP contribution in [0.1, 0.15) is 31.2 Å². The van der Waals surface area contributed by atoms with Crippen LogP contribution in [0.4, 0.5) is 11.5 Å². The van der Waals surface area contributed by atoms with Gasteiger partial charge in [0.1, 0.15) is 5.75 Å². The van der Waals surface area contributed by atoms with Crippen molar-refractivity contribution in [1.29, 1.82) is 0 Å². The van der Waals surface area contributed by atoms with Crippen molar-refractivity contribution in [3.05, 3.63) is 35.2 Å². The quantitative estimate of drug-likeness (QED) is 0.494. The second-order valence-electron chi connectivity index (χ2n) is 9.46. The van der Waals surface area contributed by atoms with Crippen LogP contribution in [-0.4, -0.2) is 42.3 Å². The fourth-order valence-electron chi connectivity index (χ4n) is 6.27. The molecule has 0 bridgehead atoms. The van der Waals surface area contributed by atoms with Gasteiger partial charge in [0.25, 0.3) is 0 Å². The molecule has 2 aromatic rings. The van der Waals surface area contributed by atoms with Gasteiger partial charge in [0.15, 0.2) is 11.6 Å². The Kier molecular flexibility index (Phi) is 4.90. The third-order valence-electron chi connectivity index (χ3n) is 7.98. The van der Waals surface area contributed by atoms with E-state index in [4.69, 9.17) is 21.1 Å². The average molecular weight is 471 g/mol. The number of amides is 1. The second-order valence-corrected chi connectivity index (χ2v) is 9.80. The van der Waals surface area contributed by atoms with Crippen molar-refractivity contribution in [2.24, 2.45) is 17.8 Å². The fraction of sp³-hybridized carbons (Fsp3) is 0.522. The van der Waals surface area contributed by atoms with Crippen molar-refractivity contribution in [3.63, 3.8) is 0 Å². The van der Waals surface area contributed by atoms with Gasteiger partial charge < -0.3 is 20.1 Å². The molecule has 6 atom stereocenters. The van der Waals surface area contributed by atoms with Crippen LogP contribution in [0.2, 0.25) is 5.28 Å². The first kappa shape index (κ1) is 20.9. The standard InChI is InChI=1S/C23H27ClN6O3/c1-32-12-4-6-16-14(8-12)23(21(31)26-16)9-15(23)11-3-5-13-17(7-11)29-30-19(13)27-20-18(33-2)10-25-22(24)28-20/h4,6,8,10-11,13,15,17,19,29-30H,3,5,7,9H2,1-2H3,(H,26,31)(H,25,27,28)/t11?,13?,15-,17?,19?,23-/m0/s1. The Morgan fingerprint density at radius 3 is 2.91 bits per heavy atom. The molecule has 3 fully saturated rings. The predicted molar refractivity (Wildman–Crippen MR) is 123 cm³/mol. The number of ether oxygens (including phenoxy) is 2. The van der Waals surface area contributed by atoms with E-state index in [1.165, 1.54) is 0 Å². The van der Waals surface area contributed by atoms with Gasteiger partial charge in [-0.05, 0) is 72.9 Å². The molecule has 4 aliphatic rings. The largest absolute Gasteiger partial charge is 0.497 e. The first-order valence-corrected chi connectivity index (χ1v) is 11.8. The van der Waals surface area contributed by atoms with Crippen LogP contribution in [0.5, 0.6) is 11.5 Å². The topological polar surface area (TPSA) is 109 Å². The highest BCUT2D eigenvalue weighted by atomic mass is 35.5. The van der Waals surface area contributed by atoms with Crippen LogP contribution >= 0.6 is 11.6 Å². The van der Waals surface area contributed by atoms with Gasteiger partial charge in [0.2, 0.25) is 11.2 Å². The van der Waals surface area contributed by atoms with Gasteiger partial charge >= 0.3 is 0 Å². The molecule has 1 aromatic carbocycles. The number of rotatable bonds is 5. The van der Waals surface area contributed by atoms with Gasteiger partial charge in [0, 0.05) is 17.6 Å². The maximum Gasteiger partial charge on any atom is 0.235 e. The molecule has 33 heavy (non-hydrogen) atoms. The van der Waals surface area contributed by atoms with E-state index in [9.17, 15) is 4.79 Å². The van der Waals surface area contributed by atoms with Gasteiger partial charge in [-0.2, -0.15) is 4.98 Å². The van der Waals surface area contributed by atoms with Crippen molar-refractivity contribution in [1.82, 2.24) is 20.8 Å². The van der Waals surface area contributed by atoms with E-state index in [1.807, 2.05) is 18.2 Å². The van der Waals surface area contributed by atoms with Gasteiger partial charge in [0.05, 0.1) is 32.0 Å². The Hall–Kier alpha value is -2.62. The monoisotopic (exact) mass is 470 g/mol. The number of methoxy groups -OCH3 is 2. The molecule has 1 spiro atoms. The molecule has 9 nitrogen and oxygen atoms in total. The van der Waals surface area contributed by atoms with E-state index in [0.717, 1.165) is 42.7 Å². The summed E-state index contributed by atoms with van der Waals surface area (Å²) in [5.41, 5.74) is 8.49. The molecular formula is C23H27ClN6O3. The van der Waals surface area contributed by atoms with Crippen molar-refractivity contribution in [2.75, 3.05) is 24.9 Å². The zero-order chi connectivity index (χ0) is 22.7. The zero-order valence-corrected chi connectivity index (χ0v) is 19.3. The van der Waals surface area contributed by atoms with Crippen LogP contribution in [0.25, 0.3) is 0 Å². The zero-order valence-electron chi connectivity index (χ0n) is 18.5. The number of carbonyl (C=O) groups excluding carboxylic acids is 1. The molecule has 1 amide bonds. The summed E-state index contributed by atoms with van der Waals surface area (Å²) in [6.07, 6.45) is 5.64. The number of hydrogen-bond donors (Lipinski definition) is 4. The van der Waals surface area contributed by atoms with E-state index in [0.29, 0.717) is 35.4 Å². The molecule has 2 aliphatic heterocycles. The normalized spacial score (nSPS) is 33.9. The van der Waals surface area contributed by atoms with Crippen LogP contribution in [0.15, 0.2) is 24.4 Å². The molecule has 174 valence electrons. The van der Waals surface area contributed by atoms with Gasteiger partial charge in [-0.3, -0.25) is 10.2 Å². The Morgan fingerprint density at radius 2 is 2.09 bits per heavy atom. The lowest BCUT2D eigenvalue weighted by Crippen LogP contribution is -2.39. The number of aromatic nitrogens is 2. The molecular weight excluding hydrogens is 444 g/mol. The minimum atomic E-state index is -0.393. The highest BCUT2D eigenvalue weighted by Gasteiger charge is 2.67. The maximum absolute atomic E-state index is 13.0. The molecule has 4 N–H and O–H groups in total. The SMILES string of the molecule is COc1ccc2c(c1)[C@]1(C[C@H]1C1CCC3C(C1)NNC3Nc1nc(Cl)ncc1OC)C(=O)N2. The summed E-state index contributed by atoms with van der Waals surface area (Å²) in [6, 6.07) is 6.21. The number of fused-ring (bicyclic) bond motifs is 3. The van der Waals surface area contributed by atoms with Crippen LogP contribution in [0, 0.1) is 17.8 Å². The first-order valence-electron chi connectivity index (χ1n) is 11.4. The Bertz CT molecular complexity index is 1120. The van der Waals surface area contributed by atoms with E-state index in [-0.39, 0.29) is 17.4 Å². The molecule has 10 heteroatoms. The molecule has 6 rings (SSSR count). The highest BCUT2D eigenvalue weighted by Crippen LogP contribution is 2.65. The lowest BCUT2D eigenvalue weighted by molar-refractivity contribution is -0.118. The fourth-order valence-corrected chi connectivity index (χ4v) is 6.40. The third-order valence-corrected chi connectivity index (χ3v) is 8.16. The van der Waals surface area contributed by atoms with Gasteiger partial charge in [-0.15, -0.1) is 0 Å². The summed E-state index contributed by atoms with van der Waals surface area (Å²) in [7, 11) is 3.25. The van der Waals surface area contributed by atoms with E-state index in [1.54, 1.807) is 20.4 Å². The number of halogens is 1. The van der Waals surface area contributed by atoms with Crippen molar-refractivity contribution >= 4 is 29.0 Å². The van der Waals surface area contributed by atoms with Gasteiger partial charge in [-0.25, -0.2) is 10.4 Å².